The zero-order valence-corrected chi connectivity index (χ0v) is 29.3. The van der Waals surface area contributed by atoms with Crippen LogP contribution < -0.4 is 21.3 Å². The van der Waals surface area contributed by atoms with Crippen molar-refractivity contribution in [2.24, 2.45) is 5.92 Å². The number of amides is 4. The van der Waals surface area contributed by atoms with E-state index in [1.807, 2.05) is 42.5 Å². The van der Waals surface area contributed by atoms with E-state index in [0.29, 0.717) is 16.3 Å². The first-order valence-corrected chi connectivity index (χ1v) is 17.6. The second-order valence-corrected chi connectivity index (χ2v) is 14.6. The Morgan fingerprint density at radius 2 is 1.47 bits per heavy atom. The third-order valence-corrected chi connectivity index (χ3v) is 9.69. The lowest BCUT2D eigenvalue weighted by atomic mass is 9.71. The van der Waals surface area contributed by atoms with Crippen LogP contribution in [0, 0.1) is 5.92 Å². The van der Waals surface area contributed by atoms with Gasteiger partial charge in [-0.15, -0.1) is 0 Å². The fraction of sp³-hybridized carbons (Fsp3) is 0.436. The number of halogens is 1. The summed E-state index contributed by atoms with van der Waals surface area (Å²) < 4.78 is 5.51. The van der Waals surface area contributed by atoms with Gasteiger partial charge in [0.2, 0.25) is 11.8 Å². The van der Waals surface area contributed by atoms with Crippen molar-refractivity contribution in [3.63, 3.8) is 0 Å². The van der Waals surface area contributed by atoms with E-state index >= 15 is 0 Å². The van der Waals surface area contributed by atoms with E-state index in [2.05, 4.69) is 21.3 Å². The number of carbonyl (C=O) groups excluding carboxylic acids is 4. The highest BCUT2D eigenvalue weighted by molar-refractivity contribution is 6.31. The number of rotatable bonds is 11. The highest BCUT2D eigenvalue weighted by Gasteiger charge is 2.43. The van der Waals surface area contributed by atoms with Crippen molar-refractivity contribution < 1.29 is 23.9 Å². The first-order chi connectivity index (χ1) is 23.4. The molecule has 2 aliphatic carbocycles. The van der Waals surface area contributed by atoms with Crippen LogP contribution in [0.3, 0.4) is 0 Å². The van der Waals surface area contributed by atoms with Gasteiger partial charge >= 0.3 is 6.09 Å². The van der Waals surface area contributed by atoms with Gasteiger partial charge in [-0.1, -0.05) is 91.5 Å². The minimum Gasteiger partial charge on any atom is -0.444 e. The summed E-state index contributed by atoms with van der Waals surface area (Å²) in [5, 5.41) is 12.4. The molecule has 9 nitrogen and oxygen atoms in total. The van der Waals surface area contributed by atoms with Gasteiger partial charge in [0.05, 0.1) is 12.0 Å². The van der Waals surface area contributed by atoms with Crippen LogP contribution in [0.25, 0.3) is 0 Å². The fourth-order valence-electron chi connectivity index (χ4n) is 6.70. The van der Waals surface area contributed by atoms with E-state index in [0.717, 1.165) is 62.5 Å². The lowest BCUT2D eigenvalue weighted by Gasteiger charge is -2.44. The summed E-state index contributed by atoms with van der Waals surface area (Å²) in [6.07, 6.45) is 6.92. The quantitative estimate of drug-likeness (QED) is 0.168. The number of hydrogen-bond donors (Lipinski definition) is 4. The molecule has 5 rings (SSSR count). The second-order valence-electron chi connectivity index (χ2n) is 14.2. The fourth-order valence-corrected chi connectivity index (χ4v) is 6.95. The van der Waals surface area contributed by atoms with E-state index in [4.69, 9.17) is 16.3 Å². The summed E-state index contributed by atoms with van der Waals surface area (Å²) in [6.45, 7) is 5.41. The Balaban J connectivity index is 1.29. The number of hydrogen-bond acceptors (Lipinski definition) is 5. The lowest BCUT2D eigenvalue weighted by molar-refractivity contribution is -0.128. The second kappa shape index (κ2) is 15.9. The van der Waals surface area contributed by atoms with Crippen LogP contribution in [0.1, 0.15) is 94.9 Å². The zero-order chi connectivity index (χ0) is 35.0. The summed E-state index contributed by atoms with van der Waals surface area (Å²) in [7, 11) is 0. The standard InChI is InChI=1S/C39H47ClN4O5/c1-38(2,3)49-37(48)43-33(27-15-8-5-9-16-27)36(47)44-39(23-12-24-39)28-19-21-29(22-20-28)41-35(46)34(30-17-10-11-18-31(30)40)42-32(45)25-26-13-6-4-7-14-26/h4,6-7,10-11,13-14,17-22,27,33-34H,5,8-9,12,15-16,23-25H2,1-3H3,(H,41,46)(H,42,45)(H,43,48)(H,44,47)/t33-,34-/m1/s1. The molecular formula is C39H47ClN4O5. The minimum atomic E-state index is -1.02. The molecule has 0 unspecified atom stereocenters. The monoisotopic (exact) mass is 686 g/mol. The predicted octanol–water partition coefficient (Wildman–Crippen LogP) is 7.35. The molecule has 4 N–H and O–H groups in total. The van der Waals surface area contributed by atoms with E-state index in [1.165, 1.54) is 0 Å². The Labute approximate surface area is 293 Å². The Kier molecular flexibility index (Phi) is 11.7. The van der Waals surface area contributed by atoms with Gasteiger partial charge in [-0.05, 0) is 88.1 Å². The molecule has 3 aromatic carbocycles. The molecule has 2 aliphatic rings. The highest BCUT2D eigenvalue weighted by Crippen LogP contribution is 2.42. The number of alkyl carbamates (subject to hydrolysis) is 1. The van der Waals surface area contributed by atoms with Gasteiger partial charge in [0, 0.05) is 16.3 Å². The summed E-state index contributed by atoms with van der Waals surface area (Å²) in [5.74, 6) is -0.909. The number of nitrogens with one attached hydrogen (secondary N) is 4. The average molecular weight is 687 g/mol. The van der Waals surface area contributed by atoms with E-state index in [1.54, 1.807) is 57.2 Å². The molecule has 0 radical (unpaired) electrons. The average Bonchev–Trinajstić information content (AvgIpc) is 3.05. The molecule has 0 aromatic heterocycles. The van der Waals surface area contributed by atoms with Crippen LogP contribution in [0.4, 0.5) is 10.5 Å². The largest absolute Gasteiger partial charge is 0.444 e. The van der Waals surface area contributed by atoms with Gasteiger partial charge in [-0.3, -0.25) is 14.4 Å². The predicted molar refractivity (Wildman–Crippen MR) is 191 cm³/mol. The third-order valence-electron chi connectivity index (χ3n) is 9.34. The number of ether oxygens (including phenoxy) is 1. The molecule has 0 saturated heterocycles. The Bertz CT molecular complexity index is 1610. The number of benzene rings is 3. The Morgan fingerprint density at radius 3 is 2.08 bits per heavy atom. The van der Waals surface area contributed by atoms with Crippen molar-refractivity contribution in [1.82, 2.24) is 16.0 Å². The normalized spacial score (nSPS) is 17.1. The maximum Gasteiger partial charge on any atom is 0.408 e. The molecule has 2 fully saturated rings. The first kappa shape index (κ1) is 35.9. The molecule has 0 spiro atoms. The number of anilines is 1. The van der Waals surface area contributed by atoms with Gasteiger partial charge < -0.3 is 26.0 Å². The highest BCUT2D eigenvalue weighted by atomic mass is 35.5. The molecule has 0 aliphatic heterocycles. The molecule has 2 saturated carbocycles. The molecule has 260 valence electrons. The summed E-state index contributed by atoms with van der Waals surface area (Å²) in [4.78, 5) is 53.4. The van der Waals surface area contributed by atoms with Gasteiger partial charge in [-0.2, -0.15) is 0 Å². The van der Waals surface area contributed by atoms with Crippen LogP contribution in [0.5, 0.6) is 0 Å². The SMILES string of the molecule is CC(C)(C)OC(=O)N[C@@H](C(=O)NC1(c2ccc(NC(=O)[C@H](NC(=O)Cc3ccccc3)c3ccccc3Cl)cc2)CCC1)C1CCCCC1. The smallest absolute Gasteiger partial charge is 0.408 e. The maximum atomic E-state index is 13.9. The molecule has 10 heteroatoms. The summed E-state index contributed by atoms with van der Waals surface area (Å²) in [5.41, 5.74) is 1.53. The van der Waals surface area contributed by atoms with Gasteiger partial charge in [-0.25, -0.2) is 4.79 Å². The molecule has 2 atom stereocenters. The van der Waals surface area contributed by atoms with Crippen molar-refractivity contribution in [1.29, 1.82) is 0 Å². The number of carbonyl (C=O) groups is 4. The zero-order valence-electron chi connectivity index (χ0n) is 28.5. The molecule has 49 heavy (non-hydrogen) atoms. The van der Waals surface area contributed by atoms with Crippen molar-refractivity contribution >= 4 is 41.1 Å². The van der Waals surface area contributed by atoms with E-state index in [9.17, 15) is 19.2 Å². The molecule has 0 heterocycles. The van der Waals surface area contributed by atoms with Gasteiger partial charge in [0.1, 0.15) is 17.7 Å². The molecule has 0 bridgehead atoms. The first-order valence-electron chi connectivity index (χ1n) is 17.2. The lowest BCUT2D eigenvalue weighted by Crippen LogP contribution is -2.59. The molecular weight excluding hydrogens is 640 g/mol. The van der Waals surface area contributed by atoms with Gasteiger partial charge in [0.25, 0.3) is 5.91 Å². The Morgan fingerprint density at radius 1 is 0.816 bits per heavy atom. The summed E-state index contributed by atoms with van der Waals surface area (Å²) >= 11 is 6.48. The van der Waals surface area contributed by atoms with Crippen LogP contribution in [0.2, 0.25) is 5.02 Å². The molecule has 3 aromatic rings. The van der Waals surface area contributed by atoms with Crippen molar-refractivity contribution in [3.8, 4) is 0 Å². The summed E-state index contributed by atoms with van der Waals surface area (Å²) in [6, 6.07) is 22.0. The van der Waals surface area contributed by atoms with Crippen LogP contribution in [-0.2, 0) is 31.1 Å². The van der Waals surface area contributed by atoms with Gasteiger partial charge in [0.15, 0.2) is 0 Å². The van der Waals surface area contributed by atoms with Crippen molar-refractivity contribution in [2.75, 3.05) is 5.32 Å². The van der Waals surface area contributed by atoms with Crippen molar-refractivity contribution in [2.45, 2.75) is 102 Å². The minimum absolute atomic E-state index is 0.0373. The van der Waals surface area contributed by atoms with E-state index < -0.39 is 35.2 Å². The van der Waals surface area contributed by atoms with Crippen LogP contribution in [0.15, 0.2) is 78.9 Å². The molecule has 4 amide bonds. The van der Waals surface area contributed by atoms with E-state index in [-0.39, 0.29) is 24.2 Å². The van der Waals surface area contributed by atoms with Crippen molar-refractivity contribution in [3.05, 3.63) is 101 Å². The van der Waals surface area contributed by atoms with Crippen LogP contribution >= 0.6 is 11.6 Å². The topological polar surface area (TPSA) is 126 Å². The maximum absolute atomic E-state index is 13.9. The third kappa shape index (κ3) is 9.63. The van der Waals surface area contributed by atoms with Crippen LogP contribution in [-0.4, -0.2) is 35.5 Å². The Hall–Kier alpha value is -4.37.